The van der Waals surface area contributed by atoms with Crippen LogP contribution in [0.4, 0.5) is 28.8 Å². The van der Waals surface area contributed by atoms with Crippen LogP contribution < -0.4 is 26.8 Å². The molecule has 2 aromatic heterocycles. The largest absolute Gasteiger partial charge is 0.375 e. The normalized spacial score (nSPS) is 11.4. The van der Waals surface area contributed by atoms with Crippen molar-refractivity contribution in [2.45, 2.75) is 26.3 Å². The maximum absolute atomic E-state index is 12.0. The van der Waals surface area contributed by atoms with Gasteiger partial charge < -0.3 is 16.0 Å². The topological polar surface area (TPSA) is 127 Å². The van der Waals surface area contributed by atoms with Crippen molar-refractivity contribution in [3.8, 4) is 5.69 Å². The standard InChI is InChI=1S/C20H20N8O2/c1-20(2,3)27-16-15(17(29)18(16)30)25-14-8-9-22-19(26-14)24-12-4-6-13(7-5-12)28-11-21-10-23-28/h4-11,27H,1-3H3,(H2,22,24,25,26). The van der Waals surface area contributed by atoms with Crippen molar-refractivity contribution >= 4 is 28.8 Å². The van der Waals surface area contributed by atoms with E-state index in [0.29, 0.717) is 11.8 Å². The van der Waals surface area contributed by atoms with Crippen LogP contribution in [0.5, 0.6) is 0 Å². The molecule has 0 unspecified atom stereocenters. The maximum Gasteiger partial charge on any atom is 0.253 e. The lowest BCUT2D eigenvalue weighted by Gasteiger charge is -2.24. The second-order valence-corrected chi connectivity index (χ2v) is 7.69. The SMILES string of the molecule is CC(C)(C)Nc1c(Nc2ccnc(Nc3ccc(-n4cncn4)cc3)n2)c(=O)c1=O. The molecule has 0 saturated carbocycles. The van der Waals surface area contributed by atoms with E-state index >= 15 is 0 Å². The number of rotatable bonds is 6. The summed E-state index contributed by atoms with van der Waals surface area (Å²) in [7, 11) is 0. The van der Waals surface area contributed by atoms with Crippen LogP contribution >= 0.6 is 0 Å². The van der Waals surface area contributed by atoms with E-state index in [2.05, 4.69) is 36.0 Å². The molecule has 4 aromatic rings. The number of anilines is 5. The van der Waals surface area contributed by atoms with Gasteiger partial charge in [-0.2, -0.15) is 10.1 Å². The van der Waals surface area contributed by atoms with Crippen LogP contribution in [0.25, 0.3) is 5.69 Å². The van der Waals surface area contributed by atoms with Gasteiger partial charge >= 0.3 is 0 Å². The van der Waals surface area contributed by atoms with E-state index in [9.17, 15) is 9.59 Å². The smallest absolute Gasteiger partial charge is 0.253 e. The van der Waals surface area contributed by atoms with E-state index in [1.54, 1.807) is 23.3 Å². The van der Waals surface area contributed by atoms with Gasteiger partial charge in [-0.05, 0) is 51.1 Å². The van der Waals surface area contributed by atoms with Gasteiger partial charge in [-0.15, -0.1) is 0 Å². The van der Waals surface area contributed by atoms with Crippen molar-refractivity contribution in [1.82, 2.24) is 24.7 Å². The molecule has 2 aromatic carbocycles. The second kappa shape index (κ2) is 7.39. The fourth-order valence-electron chi connectivity index (χ4n) is 2.79. The van der Waals surface area contributed by atoms with Gasteiger partial charge in [0.25, 0.3) is 10.9 Å². The highest BCUT2D eigenvalue weighted by Crippen LogP contribution is 2.23. The molecular weight excluding hydrogens is 384 g/mol. The Balaban J connectivity index is 1.50. The zero-order valence-corrected chi connectivity index (χ0v) is 16.7. The average molecular weight is 404 g/mol. The van der Waals surface area contributed by atoms with Crippen LogP contribution in [-0.4, -0.2) is 30.3 Å². The van der Waals surface area contributed by atoms with Crippen molar-refractivity contribution in [3.05, 3.63) is 69.6 Å². The summed E-state index contributed by atoms with van der Waals surface area (Å²) in [5.41, 5.74) is 0.663. The molecule has 0 spiro atoms. The number of hydrogen-bond donors (Lipinski definition) is 3. The maximum atomic E-state index is 12.0. The zero-order valence-electron chi connectivity index (χ0n) is 16.7. The lowest BCUT2D eigenvalue weighted by Crippen LogP contribution is -2.41. The molecule has 0 aliphatic heterocycles. The first kappa shape index (κ1) is 19.2. The summed E-state index contributed by atoms with van der Waals surface area (Å²) in [6.07, 6.45) is 4.64. The van der Waals surface area contributed by atoms with Gasteiger partial charge in [0.2, 0.25) is 5.95 Å². The van der Waals surface area contributed by atoms with Crippen LogP contribution in [0.3, 0.4) is 0 Å². The summed E-state index contributed by atoms with van der Waals surface area (Å²) in [5.74, 6) is 0.744. The number of benzene rings is 1. The highest BCUT2D eigenvalue weighted by atomic mass is 16.2. The molecule has 0 aliphatic rings. The molecule has 0 aliphatic carbocycles. The Hall–Kier alpha value is -4.08. The molecule has 0 radical (unpaired) electrons. The van der Waals surface area contributed by atoms with Gasteiger partial charge in [0.1, 0.15) is 29.8 Å². The molecule has 30 heavy (non-hydrogen) atoms. The van der Waals surface area contributed by atoms with Crippen molar-refractivity contribution in [1.29, 1.82) is 0 Å². The van der Waals surface area contributed by atoms with Crippen LogP contribution in [0.15, 0.2) is 58.8 Å². The number of aromatic nitrogens is 5. The van der Waals surface area contributed by atoms with Gasteiger partial charge in [0.05, 0.1) is 5.69 Å². The van der Waals surface area contributed by atoms with Gasteiger partial charge in [-0.25, -0.2) is 14.6 Å². The van der Waals surface area contributed by atoms with Crippen LogP contribution in [0, 0.1) is 0 Å². The van der Waals surface area contributed by atoms with Gasteiger partial charge in [-0.3, -0.25) is 9.59 Å². The summed E-state index contributed by atoms with van der Waals surface area (Å²) in [6.45, 7) is 5.73. The van der Waals surface area contributed by atoms with Gasteiger partial charge in [-0.1, -0.05) is 0 Å². The highest BCUT2D eigenvalue weighted by molar-refractivity contribution is 5.78. The monoisotopic (exact) mass is 404 g/mol. The summed E-state index contributed by atoms with van der Waals surface area (Å²) in [4.78, 5) is 36.4. The minimum absolute atomic E-state index is 0.205. The molecule has 2 heterocycles. The average Bonchev–Trinajstić information content (AvgIpc) is 3.25. The Morgan fingerprint density at radius 3 is 2.33 bits per heavy atom. The molecule has 0 fully saturated rings. The van der Waals surface area contributed by atoms with E-state index in [0.717, 1.165) is 11.4 Å². The Bertz CT molecular complexity index is 1230. The third-order valence-electron chi connectivity index (χ3n) is 4.13. The Morgan fingerprint density at radius 2 is 1.67 bits per heavy atom. The van der Waals surface area contributed by atoms with Crippen molar-refractivity contribution in [2.24, 2.45) is 0 Å². The molecule has 152 valence electrons. The number of nitrogens with zero attached hydrogens (tertiary/aromatic N) is 5. The van der Waals surface area contributed by atoms with Crippen molar-refractivity contribution < 1.29 is 0 Å². The summed E-state index contributed by atoms with van der Waals surface area (Å²) < 4.78 is 1.65. The molecule has 4 rings (SSSR count). The molecular formula is C20H20N8O2. The summed E-state index contributed by atoms with van der Waals surface area (Å²) >= 11 is 0. The van der Waals surface area contributed by atoms with E-state index in [1.165, 1.54) is 6.33 Å². The quantitative estimate of drug-likeness (QED) is 0.415. The van der Waals surface area contributed by atoms with Crippen LogP contribution in [0.1, 0.15) is 20.8 Å². The predicted octanol–water partition coefficient (Wildman–Crippen LogP) is 2.35. The first-order chi connectivity index (χ1) is 14.3. The van der Waals surface area contributed by atoms with Gasteiger partial charge in [0.15, 0.2) is 0 Å². The van der Waals surface area contributed by atoms with Crippen molar-refractivity contribution in [2.75, 3.05) is 16.0 Å². The molecule has 10 nitrogen and oxygen atoms in total. The first-order valence-corrected chi connectivity index (χ1v) is 9.24. The third kappa shape index (κ3) is 4.02. The lowest BCUT2D eigenvalue weighted by atomic mass is 10.1. The number of nitrogens with one attached hydrogen (secondary N) is 3. The molecule has 0 saturated heterocycles. The zero-order chi connectivity index (χ0) is 21.3. The third-order valence-corrected chi connectivity index (χ3v) is 4.13. The molecule has 0 bridgehead atoms. The molecule has 0 atom stereocenters. The Morgan fingerprint density at radius 1 is 0.933 bits per heavy atom. The minimum Gasteiger partial charge on any atom is -0.375 e. The molecule has 0 amide bonds. The first-order valence-electron chi connectivity index (χ1n) is 9.24. The fourth-order valence-corrected chi connectivity index (χ4v) is 2.79. The van der Waals surface area contributed by atoms with E-state index in [1.807, 2.05) is 45.0 Å². The van der Waals surface area contributed by atoms with E-state index in [-0.39, 0.29) is 16.9 Å². The highest BCUT2D eigenvalue weighted by Gasteiger charge is 2.25. The number of hydrogen-bond acceptors (Lipinski definition) is 9. The molecule has 3 N–H and O–H groups in total. The van der Waals surface area contributed by atoms with E-state index < -0.39 is 10.9 Å². The summed E-state index contributed by atoms with van der Waals surface area (Å²) in [6, 6.07) is 9.11. The van der Waals surface area contributed by atoms with Crippen LogP contribution in [-0.2, 0) is 0 Å². The molecule has 10 heteroatoms. The minimum atomic E-state index is -0.571. The Kier molecular flexibility index (Phi) is 4.74. The van der Waals surface area contributed by atoms with Crippen molar-refractivity contribution in [3.63, 3.8) is 0 Å². The predicted molar refractivity (Wildman–Crippen MR) is 115 cm³/mol. The second-order valence-electron chi connectivity index (χ2n) is 7.69. The van der Waals surface area contributed by atoms with Crippen LogP contribution in [0.2, 0.25) is 0 Å². The lowest BCUT2D eigenvalue weighted by molar-refractivity contribution is 0.632. The van der Waals surface area contributed by atoms with Gasteiger partial charge in [0, 0.05) is 17.4 Å². The Labute approximate surface area is 171 Å². The van der Waals surface area contributed by atoms with E-state index in [4.69, 9.17) is 0 Å². The summed E-state index contributed by atoms with van der Waals surface area (Å²) in [5, 5.41) is 13.2. The fraction of sp³-hybridized carbons (Fsp3) is 0.200.